The minimum Gasteiger partial charge on any atom is -0.330 e. The van der Waals surface area contributed by atoms with Crippen molar-refractivity contribution in [2.45, 2.75) is 6.42 Å². The molecule has 1 heterocycles. The Hall–Kier alpha value is -1.03. The van der Waals surface area contributed by atoms with Gasteiger partial charge in [-0.25, -0.2) is 4.98 Å². The quantitative estimate of drug-likeness (QED) is 0.917. The smallest absolute Gasteiger partial charge is 0.114 e. The van der Waals surface area contributed by atoms with Gasteiger partial charge in [-0.2, -0.15) is 0 Å². The summed E-state index contributed by atoms with van der Waals surface area (Å²) in [6.45, 7) is 0.568. The third-order valence-electron chi connectivity index (χ3n) is 2.27. The number of nitrogens with two attached hydrogens (primary N) is 1. The second-order valence-electron chi connectivity index (χ2n) is 3.35. The van der Waals surface area contributed by atoms with Crippen LogP contribution >= 0.6 is 23.2 Å². The molecule has 0 unspecified atom stereocenters. The lowest BCUT2D eigenvalue weighted by Crippen LogP contribution is -2.08. The molecule has 0 fully saturated rings. The molecule has 0 bridgehead atoms. The van der Waals surface area contributed by atoms with Crippen molar-refractivity contribution in [1.29, 1.82) is 0 Å². The first kappa shape index (κ1) is 11.5. The van der Waals surface area contributed by atoms with Crippen LogP contribution in [0.4, 0.5) is 0 Å². The molecule has 1 aromatic carbocycles. The first-order valence-corrected chi connectivity index (χ1v) is 5.65. The predicted octanol–water partition coefficient (Wildman–Crippen LogP) is 2.68. The molecule has 84 valence electrons. The molecule has 0 atom stereocenters. The van der Waals surface area contributed by atoms with Gasteiger partial charge in [0, 0.05) is 24.5 Å². The zero-order valence-corrected chi connectivity index (χ0v) is 10.0. The molecular formula is C11H11Cl2N3. The van der Waals surface area contributed by atoms with Crippen molar-refractivity contribution in [3.05, 3.63) is 46.5 Å². The molecule has 3 nitrogen and oxygen atoms in total. The normalized spacial score (nSPS) is 10.7. The van der Waals surface area contributed by atoms with Crippen LogP contribution in [0.3, 0.4) is 0 Å². The minimum atomic E-state index is 0.534. The summed E-state index contributed by atoms with van der Waals surface area (Å²) in [7, 11) is 0. The Kier molecular flexibility index (Phi) is 3.49. The van der Waals surface area contributed by atoms with Crippen LogP contribution in [0.2, 0.25) is 10.0 Å². The second kappa shape index (κ2) is 4.87. The average Bonchev–Trinajstić information content (AvgIpc) is 2.71. The number of nitrogens with zero attached hydrogens (tertiary/aromatic N) is 2. The lowest BCUT2D eigenvalue weighted by molar-refractivity contribution is 0.837. The monoisotopic (exact) mass is 255 g/mol. The van der Waals surface area contributed by atoms with E-state index in [2.05, 4.69) is 4.98 Å². The molecule has 1 aromatic heterocycles. The van der Waals surface area contributed by atoms with Crippen LogP contribution < -0.4 is 5.73 Å². The molecule has 0 amide bonds. The Bertz CT molecular complexity index is 494. The largest absolute Gasteiger partial charge is 0.330 e. The third-order valence-corrected chi connectivity index (χ3v) is 3.01. The number of halogens is 2. The maximum absolute atomic E-state index is 5.97. The van der Waals surface area contributed by atoms with Crippen molar-refractivity contribution >= 4 is 23.2 Å². The molecule has 0 aliphatic carbocycles. The van der Waals surface area contributed by atoms with Gasteiger partial charge in [0.2, 0.25) is 0 Å². The van der Waals surface area contributed by atoms with E-state index in [0.29, 0.717) is 16.6 Å². The summed E-state index contributed by atoms with van der Waals surface area (Å²) in [6, 6.07) is 5.48. The van der Waals surface area contributed by atoms with Gasteiger partial charge in [-0.3, -0.25) is 0 Å². The Morgan fingerprint density at radius 1 is 1.25 bits per heavy atom. The lowest BCUT2D eigenvalue weighted by Gasteiger charge is -2.08. The molecule has 0 aliphatic heterocycles. The summed E-state index contributed by atoms with van der Waals surface area (Å²) < 4.78 is 1.95. The van der Waals surface area contributed by atoms with E-state index in [0.717, 1.165) is 17.9 Å². The van der Waals surface area contributed by atoms with Gasteiger partial charge in [0.15, 0.2) is 0 Å². The highest BCUT2D eigenvalue weighted by Crippen LogP contribution is 2.24. The minimum absolute atomic E-state index is 0.534. The zero-order valence-electron chi connectivity index (χ0n) is 8.53. The van der Waals surface area contributed by atoms with Crippen LogP contribution in [-0.4, -0.2) is 16.1 Å². The molecule has 0 saturated carbocycles. The van der Waals surface area contributed by atoms with Crippen LogP contribution in [0.1, 0.15) is 5.82 Å². The molecule has 0 aliphatic rings. The summed E-state index contributed by atoms with van der Waals surface area (Å²) in [5.74, 6) is 0.917. The Morgan fingerprint density at radius 3 is 2.75 bits per heavy atom. The number of benzene rings is 1. The van der Waals surface area contributed by atoms with Gasteiger partial charge in [-0.05, 0) is 24.7 Å². The van der Waals surface area contributed by atoms with Crippen LogP contribution in [0.15, 0.2) is 30.6 Å². The number of hydrogen-bond donors (Lipinski definition) is 1. The molecule has 5 heteroatoms. The van der Waals surface area contributed by atoms with Crippen LogP contribution in [0, 0.1) is 0 Å². The maximum atomic E-state index is 5.97. The van der Waals surface area contributed by atoms with E-state index in [4.69, 9.17) is 28.9 Å². The Morgan fingerprint density at radius 2 is 2.06 bits per heavy atom. The van der Waals surface area contributed by atoms with Crippen molar-refractivity contribution in [3.63, 3.8) is 0 Å². The third kappa shape index (κ3) is 2.21. The number of rotatable bonds is 3. The van der Waals surface area contributed by atoms with Crippen molar-refractivity contribution in [2.24, 2.45) is 5.73 Å². The topological polar surface area (TPSA) is 43.8 Å². The molecule has 0 saturated heterocycles. The Balaban J connectivity index is 2.42. The summed E-state index contributed by atoms with van der Waals surface area (Å²) >= 11 is 11.8. The SMILES string of the molecule is NCCc1nccn1-c1ccc(Cl)c(Cl)c1. The summed E-state index contributed by atoms with van der Waals surface area (Å²) in [5.41, 5.74) is 6.46. The molecular weight excluding hydrogens is 245 g/mol. The van der Waals surface area contributed by atoms with E-state index in [1.807, 2.05) is 22.9 Å². The average molecular weight is 256 g/mol. The first-order valence-electron chi connectivity index (χ1n) is 4.90. The van der Waals surface area contributed by atoms with Crippen molar-refractivity contribution in [3.8, 4) is 5.69 Å². The molecule has 2 N–H and O–H groups in total. The van der Waals surface area contributed by atoms with E-state index >= 15 is 0 Å². The highest BCUT2D eigenvalue weighted by molar-refractivity contribution is 6.42. The van der Waals surface area contributed by atoms with E-state index in [-0.39, 0.29) is 0 Å². The highest BCUT2D eigenvalue weighted by Gasteiger charge is 2.05. The van der Waals surface area contributed by atoms with Crippen LogP contribution in [0.5, 0.6) is 0 Å². The van der Waals surface area contributed by atoms with Gasteiger partial charge < -0.3 is 10.3 Å². The number of imidazole rings is 1. The fourth-order valence-electron chi connectivity index (χ4n) is 1.52. The molecule has 16 heavy (non-hydrogen) atoms. The maximum Gasteiger partial charge on any atom is 0.114 e. The molecule has 2 aromatic rings. The lowest BCUT2D eigenvalue weighted by atomic mass is 10.3. The molecule has 0 radical (unpaired) electrons. The zero-order chi connectivity index (χ0) is 11.5. The number of aromatic nitrogens is 2. The molecule has 2 rings (SSSR count). The Labute approximate surface area is 104 Å². The van der Waals surface area contributed by atoms with Crippen LogP contribution in [-0.2, 0) is 6.42 Å². The van der Waals surface area contributed by atoms with E-state index in [9.17, 15) is 0 Å². The van der Waals surface area contributed by atoms with Gasteiger partial charge in [0.25, 0.3) is 0 Å². The van der Waals surface area contributed by atoms with Gasteiger partial charge in [-0.15, -0.1) is 0 Å². The van der Waals surface area contributed by atoms with E-state index in [1.54, 1.807) is 12.3 Å². The number of hydrogen-bond acceptors (Lipinski definition) is 2. The van der Waals surface area contributed by atoms with Crippen molar-refractivity contribution in [2.75, 3.05) is 6.54 Å². The molecule has 0 spiro atoms. The fourth-order valence-corrected chi connectivity index (χ4v) is 1.81. The van der Waals surface area contributed by atoms with Gasteiger partial charge >= 0.3 is 0 Å². The second-order valence-corrected chi connectivity index (χ2v) is 4.16. The van der Waals surface area contributed by atoms with E-state index < -0.39 is 0 Å². The first-order chi connectivity index (χ1) is 7.72. The van der Waals surface area contributed by atoms with Gasteiger partial charge in [0.05, 0.1) is 10.0 Å². The van der Waals surface area contributed by atoms with Gasteiger partial charge in [-0.1, -0.05) is 23.2 Å². The van der Waals surface area contributed by atoms with Crippen LogP contribution in [0.25, 0.3) is 5.69 Å². The van der Waals surface area contributed by atoms with Crippen molar-refractivity contribution in [1.82, 2.24) is 9.55 Å². The van der Waals surface area contributed by atoms with Gasteiger partial charge in [0.1, 0.15) is 5.82 Å². The standard InChI is InChI=1S/C11H11Cl2N3/c12-9-2-1-8(7-10(9)13)16-6-5-15-11(16)3-4-14/h1-2,5-7H,3-4,14H2. The predicted molar refractivity (Wildman–Crippen MR) is 66.3 cm³/mol. The van der Waals surface area contributed by atoms with Crippen molar-refractivity contribution < 1.29 is 0 Å². The summed E-state index contributed by atoms with van der Waals surface area (Å²) in [4.78, 5) is 4.24. The summed E-state index contributed by atoms with van der Waals surface area (Å²) in [6.07, 6.45) is 4.35. The highest BCUT2D eigenvalue weighted by atomic mass is 35.5. The van der Waals surface area contributed by atoms with E-state index in [1.165, 1.54) is 0 Å². The summed E-state index contributed by atoms with van der Waals surface area (Å²) in [5, 5.41) is 1.08. The fraction of sp³-hybridized carbons (Fsp3) is 0.182.